The van der Waals surface area contributed by atoms with Gasteiger partial charge in [-0.1, -0.05) is 34.1 Å². The Balaban J connectivity index is 2.12. The molecule has 0 atom stereocenters. The van der Waals surface area contributed by atoms with Gasteiger partial charge >= 0.3 is 6.16 Å². The highest BCUT2D eigenvalue weighted by Gasteiger charge is 2.04. The number of carbonyl (C=O) groups excluding carboxylic acids is 1. The van der Waals surface area contributed by atoms with Crippen LogP contribution in [0.5, 0.6) is 5.75 Å². The van der Waals surface area contributed by atoms with Gasteiger partial charge in [-0.25, -0.2) is 4.79 Å². The van der Waals surface area contributed by atoms with Crippen molar-refractivity contribution < 1.29 is 14.3 Å². The lowest BCUT2D eigenvalue weighted by Crippen LogP contribution is -2.11. The van der Waals surface area contributed by atoms with Gasteiger partial charge in [-0.15, -0.1) is 0 Å². The molecule has 0 aromatic heterocycles. The van der Waals surface area contributed by atoms with Crippen molar-refractivity contribution >= 4 is 22.1 Å². The van der Waals surface area contributed by atoms with Crippen molar-refractivity contribution in [2.75, 3.05) is 11.9 Å². The smallest absolute Gasteiger partial charge is 0.434 e. The van der Waals surface area contributed by atoms with Crippen molar-refractivity contribution in [2.24, 2.45) is 0 Å². The van der Waals surface area contributed by atoms with Gasteiger partial charge < -0.3 is 9.47 Å². The van der Waals surface area contributed by atoms with E-state index < -0.39 is 6.16 Å². The number of carbonyl (C=O) groups is 1. The summed E-state index contributed by atoms with van der Waals surface area (Å²) in [7, 11) is 0. The number of unbranched alkanes of at least 4 members (excludes halogenated alkanes) is 2. The second-order valence-electron chi connectivity index (χ2n) is 3.26. The monoisotopic (exact) mass is 286 g/mol. The second kappa shape index (κ2) is 8.16. The molecule has 0 spiro atoms. The number of para-hydroxylation sites is 1. The highest BCUT2D eigenvalue weighted by atomic mass is 79.9. The fraction of sp³-hybridized carbons (Fsp3) is 0.417. The van der Waals surface area contributed by atoms with Crippen molar-refractivity contribution in [3.8, 4) is 5.75 Å². The Morgan fingerprint density at radius 2 is 1.88 bits per heavy atom. The van der Waals surface area contributed by atoms with Gasteiger partial charge in [0.1, 0.15) is 5.75 Å². The first-order chi connectivity index (χ1) is 7.83. The van der Waals surface area contributed by atoms with Crippen LogP contribution in [-0.2, 0) is 4.74 Å². The van der Waals surface area contributed by atoms with Crippen LogP contribution >= 0.6 is 15.9 Å². The minimum absolute atomic E-state index is 0.415. The van der Waals surface area contributed by atoms with Gasteiger partial charge in [0.15, 0.2) is 0 Å². The average Bonchev–Trinajstić information content (AvgIpc) is 2.30. The Morgan fingerprint density at radius 3 is 2.56 bits per heavy atom. The van der Waals surface area contributed by atoms with Crippen molar-refractivity contribution in [3.05, 3.63) is 30.3 Å². The van der Waals surface area contributed by atoms with Gasteiger partial charge in [0.05, 0.1) is 6.61 Å². The zero-order valence-corrected chi connectivity index (χ0v) is 10.6. The predicted molar refractivity (Wildman–Crippen MR) is 66.1 cm³/mol. The molecular weight excluding hydrogens is 272 g/mol. The summed E-state index contributed by atoms with van der Waals surface area (Å²) in [6.07, 6.45) is 2.38. The summed E-state index contributed by atoms with van der Waals surface area (Å²) in [5, 5.41) is 0.988. The zero-order valence-electron chi connectivity index (χ0n) is 9.02. The number of benzene rings is 1. The molecule has 0 fully saturated rings. The first-order valence-corrected chi connectivity index (χ1v) is 6.40. The summed E-state index contributed by atoms with van der Waals surface area (Å²) >= 11 is 3.34. The third kappa shape index (κ3) is 5.75. The summed E-state index contributed by atoms with van der Waals surface area (Å²) in [6.45, 7) is 0.415. The predicted octanol–water partition coefficient (Wildman–Crippen LogP) is 3.77. The third-order valence-corrected chi connectivity index (χ3v) is 2.50. The molecule has 0 saturated carbocycles. The first-order valence-electron chi connectivity index (χ1n) is 5.28. The largest absolute Gasteiger partial charge is 0.513 e. The van der Waals surface area contributed by atoms with Crippen LogP contribution in [0.25, 0.3) is 0 Å². The molecule has 0 radical (unpaired) electrons. The molecule has 1 aromatic rings. The molecule has 16 heavy (non-hydrogen) atoms. The molecule has 0 aliphatic heterocycles. The van der Waals surface area contributed by atoms with Gasteiger partial charge in [0, 0.05) is 5.33 Å². The Labute approximate surface area is 104 Å². The van der Waals surface area contributed by atoms with Crippen molar-refractivity contribution in [1.82, 2.24) is 0 Å². The fourth-order valence-electron chi connectivity index (χ4n) is 1.14. The Hall–Kier alpha value is -1.03. The molecule has 1 aromatic carbocycles. The topological polar surface area (TPSA) is 35.5 Å². The summed E-state index contributed by atoms with van der Waals surface area (Å²) in [6, 6.07) is 8.90. The van der Waals surface area contributed by atoms with E-state index in [-0.39, 0.29) is 0 Å². The molecule has 1 rings (SSSR count). The lowest BCUT2D eigenvalue weighted by molar-refractivity contribution is 0.0975. The molecule has 0 unspecified atom stereocenters. The number of hydrogen-bond donors (Lipinski definition) is 0. The minimum Gasteiger partial charge on any atom is -0.434 e. The summed E-state index contributed by atoms with van der Waals surface area (Å²) in [4.78, 5) is 11.2. The van der Waals surface area contributed by atoms with E-state index in [0.29, 0.717) is 12.4 Å². The maximum atomic E-state index is 11.2. The number of rotatable bonds is 6. The first kappa shape index (κ1) is 13.0. The zero-order chi connectivity index (χ0) is 11.6. The molecule has 0 aliphatic rings. The van der Waals surface area contributed by atoms with E-state index in [0.717, 1.165) is 24.6 Å². The molecule has 0 amide bonds. The molecule has 3 nitrogen and oxygen atoms in total. The maximum Gasteiger partial charge on any atom is 0.513 e. The molecule has 0 bridgehead atoms. The van der Waals surface area contributed by atoms with Gasteiger partial charge in [-0.3, -0.25) is 0 Å². The number of ether oxygens (including phenoxy) is 2. The highest BCUT2D eigenvalue weighted by molar-refractivity contribution is 9.09. The number of alkyl halides is 1. The van der Waals surface area contributed by atoms with Crippen LogP contribution in [0.3, 0.4) is 0 Å². The highest BCUT2D eigenvalue weighted by Crippen LogP contribution is 2.09. The Morgan fingerprint density at radius 1 is 1.12 bits per heavy atom. The van der Waals surface area contributed by atoms with Crippen LogP contribution < -0.4 is 4.74 Å². The number of hydrogen-bond acceptors (Lipinski definition) is 3. The molecule has 0 heterocycles. The molecule has 0 N–H and O–H groups in total. The van der Waals surface area contributed by atoms with Crippen molar-refractivity contribution in [1.29, 1.82) is 0 Å². The minimum atomic E-state index is -0.634. The molecule has 0 aliphatic carbocycles. The summed E-state index contributed by atoms with van der Waals surface area (Å²) in [5.41, 5.74) is 0. The van der Waals surface area contributed by atoms with Crippen LogP contribution in [0.4, 0.5) is 4.79 Å². The normalized spacial score (nSPS) is 9.81. The Bertz CT molecular complexity index is 300. The van der Waals surface area contributed by atoms with Crippen molar-refractivity contribution in [3.63, 3.8) is 0 Å². The van der Waals surface area contributed by atoms with E-state index in [4.69, 9.17) is 9.47 Å². The molecule has 0 saturated heterocycles. The van der Waals surface area contributed by atoms with Crippen LogP contribution in [0, 0.1) is 0 Å². The fourth-order valence-corrected chi connectivity index (χ4v) is 1.54. The molecule has 4 heteroatoms. The summed E-state index contributed by atoms with van der Waals surface area (Å²) in [5.74, 6) is 0.507. The van der Waals surface area contributed by atoms with Crippen LogP contribution in [-0.4, -0.2) is 18.1 Å². The lowest BCUT2D eigenvalue weighted by atomic mass is 10.3. The van der Waals surface area contributed by atoms with Crippen LogP contribution in [0.15, 0.2) is 30.3 Å². The van der Waals surface area contributed by atoms with Crippen LogP contribution in [0.2, 0.25) is 0 Å². The van der Waals surface area contributed by atoms with Gasteiger partial charge in [-0.05, 0) is 31.4 Å². The van der Waals surface area contributed by atoms with E-state index in [2.05, 4.69) is 15.9 Å². The van der Waals surface area contributed by atoms with Gasteiger partial charge in [0.25, 0.3) is 0 Å². The average molecular weight is 287 g/mol. The third-order valence-electron chi connectivity index (χ3n) is 1.94. The lowest BCUT2D eigenvalue weighted by Gasteiger charge is -2.05. The quantitative estimate of drug-likeness (QED) is 0.346. The van der Waals surface area contributed by atoms with E-state index in [1.165, 1.54) is 0 Å². The molecular formula is C12H15BrO3. The SMILES string of the molecule is O=C(OCCCCCBr)Oc1ccccc1. The maximum absolute atomic E-state index is 11.2. The van der Waals surface area contributed by atoms with E-state index in [1.807, 2.05) is 6.07 Å². The van der Waals surface area contributed by atoms with Crippen molar-refractivity contribution in [2.45, 2.75) is 19.3 Å². The van der Waals surface area contributed by atoms with Gasteiger partial charge in [0.2, 0.25) is 0 Å². The standard InChI is InChI=1S/C12H15BrO3/c13-9-5-2-6-10-15-12(14)16-11-7-3-1-4-8-11/h1,3-4,7-8H,2,5-6,9-10H2. The Kier molecular flexibility index (Phi) is 6.65. The van der Waals surface area contributed by atoms with E-state index in [1.54, 1.807) is 24.3 Å². The second-order valence-corrected chi connectivity index (χ2v) is 4.06. The van der Waals surface area contributed by atoms with Crippen LogP contribution in [0.1, 0.15) is 19.3 Å². The summed E-state index contributed by atoms with van der Waals surface area (Å²) < 4.78 is 9.87. The van der Waals surface area contributed by atoms with E-state index in [9.17, 15) is 4.79 Å². The van der Waals surface area contributed by atoms with E-state index >= 15 is 0 Å². The molecule has 88 valence electrons. The number of halogens is 1. The van der Waals surface area contributed by atoms with Gasteiger partial charge in [-0.2, -0.15) is 0 Å².